The monoisotopic (exact) mass is 342 g/mol. The molecule has 19 heavy (non-hydrogen) atoms. The van der Waals surface area contributed by atoms with Crippen molar-refractivity contribution in [2.24, 2.45) is 0 Å². The van der Waals surface area contributed by atoms with Crippen LogP contribution in [0.5, 0.6) is 0 Å². The third-order valence-electron chi connectivity index (χ3n) is 2.66. The van der Waals surface area contributed by atoms with Gasteiger partial charge in [-0.05, 0) is 34.5 Å². The molecule has 0 radical (unpaired) electrons. The number of hydrogen-bond acceptors (Lipinski definition) is 3. The molecule has 0 saturated heterocycles. The number of benzene rings is 1. The van der Waals surface area contributed by atoms with Gasteiger partial charge in [-0.2, -0.15) is 0 Å². The molecule has 2 aromatic rings. The molecule has 1 atom stereocenters. The van der Waals surface area contributed by atoms with Crippen LogP contribution in [0, 0.1) is 5.82 Å². The zero-order valence-corrected chi connectivity index (χ0v) is 12.6. The van der Waals surface area contributed by atoms with Gasteiger partial charge in [0.25, 0.3) is 5.91 Å². The van der Waals surface area contributed by atoms with Crippen LogP contribution in [-0.2, 0) is 0 Å². The summed E-state index contributed by atoms with van der Waals surface area (Å²) in [6.07, 6.45) is 2.39. The van der Waals surface area contributed by atoms with E-state index in [0.29, 0.717) is 6.42 Å². The minimum absolute atomic E-state index is 0.0318. The van der Waals surface area contributed by atoms with Gasteiger partial charge in [0.15, 0.2) is 0 Å². The number of rotatable bonds is 4. The molecule has 1 unspecified atom stereocenters. The van der Waals surface area contributed by atoms with Crippen molar-refractivity contribution in [3.8, 4) is 0 Å². The number of hydrogen-bond donors (Lipinski definition) is 1. The van der Waals surface area contributed by atoms with Gasteiger partial charge in [0, 0.05) is 11.6 Å². The van der Waals surface area contributed by atoms with Crippen LogP contribution in [0.25, 0.3) is 0 Å². The molecule has 6 heteroatoms. The number of nitrogens with one attached hydrogen (secondary N) is 1. The highest BCUT2D eigenvalue weighted by atomic mass is 79.9. The van der Waals surface area contributed by atoms with E-state index in [1.165, 1.54) is 17.4 Å². The van der Waals surface area contributed by atoms with Crippen molar-refractivity contribution in [3.63, 3.8) is 0 Å². The maximum atomic E-state index is 13.8. The van der Waals surface area contributed by atoms with Crippen LogP contribution in [0.2, 0.25) is 0 Å². The number of halogens is 2. The highest BCUT2D eigenvalue weighted by Crippen LogP contribution is 2.22. The second-order valence-corrected chi connectivity index (χ2v) is 5.69. The van der Waals surface area contributed by atoms with Crippen molar-refractivity contribution in [3.05, 3.63) is 50.6 Å². The van der Waals surface area contributed by atoms with Gasteiger partial charge in [0.05, 0.1) is 16.1 Å². The van der Waals surface area contributed by atoms with Crippen LogP contribution >= 0.6 is 27.3 Å². The summed E-state index contributed by atoms with van der Waals surface area (Å²) in [7, 11) is 0. The van der Waals surface area contributed by atoms with Gasteiger partial charge in [0.2, 0.25) is 0 Å². The topological polar surface area (TPSA) is 42.0 Å². The lowest BCUT2D eigenvalue weighted by Crippen LogP contribution is -2.28. The lowest BCUT2D eigenvalue weighted by atomic mass is 10.1. The maximum Gasteiger partial charge on any atom is 0.254 e. The van der Waals surface area contributed by atoms with E-state index in [2.05, 4.69) is 26.2 Å². The molecular weight excluding hydrogens is 331 g/mol. The van der Waals surface area contributed by atoms with Gasteiger partial charge in [-0.3, -0.25) is 4.79 Å². The number of thiazole rings is 1. The summed E-state index contributed by atoms with van der Waals surface area (Å²) >= 11 is 4.54. The Morgan fingerprint density at radius 1 is 1.58 bits per heavy atom. The summed E-state index contributed by atoms with van der Waals surface area (Å²) < 4.78 is 14.1. The first-order valence-electron chi connectivity index (χ1n) is 5.77. The average Bonchev–Trinajstić information content (AvgIpc) is 2.92. The maximum absolute atomic E-state index is 13.8. The number of carbonyl (C=O) groups is 1. The van der Waals surface area contributed by atoms with Gasteiger partial charge in [0.1, 0.15) is 10.8 Å². The molecule has 0 fully saturated rings. The fraction of sp³-hybridized carbons (Fsp3) is 0.231. The van der Waals surface area contributed by atoms with E-state index < -0.39 is 11.7 Å². The molecule has 0 spiro atoms. The SMILES string of the molecule is CCC(NC(=O)c1cccc(Br)c1F)c1nccs1. The number of nitrogens with zero attached hydrogens (tertiary/aromatic N) is 1. The largest absolute Gasteiger partial charge is 0.343 e. The van der Waals surface area contributed by atoms with Gasteiger partial charge >= 0.3 is 0 Å². The van der Waals surface area contributed by atoms with Crippen molar-refractivity contribution in [2.75, 3.05) is 0 Å². The first-order chi connectivity index (χ1) is 9.13. The zero-order chi connectivity index (χ0) is 13.8. The summed E-state index contributed by atoms with van der Waals surface area (Å²) in [6.45, 7) is 1.95. The Hall–Kier alpha value is -1.27. The lowest BCUT2D eigenvalue weighted by molar-refractivity contribution is 0.0931. The number of amides is 1. The number of aromatic nitrogens is 1. The van der Waals surface area contributed by atoms with Crippen molar-refractivity contribution in [1.82, 2.24) is 10.3 Å². The third-order valence-corrected chi connectivity index (χ3v) is 4.16. The van der Waals surface area contributed by atoms with Crippen LogP contribution < -0.4 is 5.32 Å². The Kier molecular flexibility index (Phi) is 4.66. The molecular formula is C13H12BrFN2OS. The highest BCUT2D eigenvalue weighted by molar-refractivity contribution is 9.10. The number of carbonyl (C=O) groups excluding carboxylic acids is 1. The van der Waals surface area contributed by atoms with Crippen molar-refractivity contribution >= 4 is 33.2 Å². The molecule has 0 aliphatic rings. The van der Waals surface area contributed by atoms with E-state index in [4.69, 9.17) is 0 Å². The molecule has 0 saturated carbocycles. The fourth-order valence-electron chi connectivity index (χ4n) is 1.66. The second kappa shape index (κ2) is 6.25. The quantitative estimate of drug-likeness (QED) is 0.914. The minimum Gasteiger partial charge on any atom is -0.343 e. The molecule has 1 heterocycles. The average molecular weight is 343 g/mol. The molecule has 2 rings (SSSR count). The molecule has 0 aliphatic heterocycles. The Morgan fingerprint density at radius 3 is 3.00 bits per heavy atom. The van der Waals surface area contributed by atoms with Crippen LogP contribution in [-0.4, -0.2) is 10.9 Å². The fourth-order valence-corrected chi connectivity index (χ4v) is 2.80. The summed E-state index contributed by atoms with van der Waals surface area (Å²) in [6, 6.07) is 4.46. The summed E-state index contributed by atoms with van der Waals surface area (Å²) in [5, 5.41) is 5.48. The Labute approximate surface area is 123 Å². The Morgan fingerprint density at radius 2 is 2.37 bits per heavy atom. The molecule has 1 aromatic heterocycles. The van der Waals surface area contributed by atoms with Gasteiger partial charge in [-0.1, -0.05) is 13.0 Å². The van der Waals surface area contributed by atoms with Gasteiger partial charge in [-0.25, -0.2) is 9.37 Å². The van der Waals surface area contributed by atoms with Crippen LogP contribution in [0.15, 0.2) is 34.2 Å². The standard InChI is InChI=1S/C13H12BrFN2OS/c1-2-10(13-16-6-7-19-13)17-12(18)8-4-3-5-9(14)11(8)15/h3-7,10H,2H2,1H3,(H,17,18). The van der Waals surface area contributed by atoms with Gasteiger partial charge in [-0.15, -0.1) is 11.3 Å². The smallest absolute Gasteiger partial charge is 0.254 e. The van der Waals surface area contributed by atoms with E-state index in [1.807, 2.05) is 12.3 Å². The zero-order valence-electron chi connectivity index (χ0n) is 10.2. The normalized spacial score (nSPS) is 12.2. The van der Waals surface area contributed by atoms with Crippen LogP contribution in [0.1, 0.15) is 34.8 Å². The first kappa shape index (κ1) is 14.1. The van der Waals surface area contributed by atoms with E-state index in [0.717, 1.165) is 5.01 Å². The molecule has 3 nitrogen and oxygen atoms in total. The lowest BCUT2D eigenvalue weighted by Gasteiger charge is -2.15. The summed E-state index contributed by atoms with van der Waals surface area (Å²) in [4.78, 5) is 16.3. The van der Waals surface area contributed by atoms with E-state index >= 15 is 0 Å². The Balaban J connectivity index is 2.18. The van der Waals surface area contributed by atoms with Crippen molar-refractivity contribution < 1.29 is 9.18 Å². The van der Waals surface area contributed by atoms with E-state index in [9.17, 15) is 9.18 Å². The molecule has 1 amide bonds. The third kappa shape index (κ3) is 3.19. The van der Waals surface area contributed by atoms with E-state index in [-0.39, 0.29) is 16.1 Å². The molecule has 1 N–H and O–H groups in total. The highest BCUT2D eigenvalue weighted by Gasteiger charge is 2.19. The molecule has 0 bridgehead atoms. The van der Waals surface area contributed by atoms with Crippen LogP contribution in [0.4, 0.5) is 4.39 Å². The van der Waals surface area contributed by atoms with E-state index in [1.54, 1.807) is 18.3 Å². The van der Waals surface area contributed by atoms with Crippen molar-refractivity contribution in [1.29, 1.82) is 0 Å². The molecule has 100 valence electrons. The molecule has 0 aliphatic carbocycles. The van der Waals surface area contributed by atoms with Gasteiger partial charge < -0.3 is 5.32 Å². The first-order valence-corrected chi connectivity index (χ1v) is 7.45. The summed E-state index contributed by atoms with van der Waals surface area (Å²) in [5.74, 6) is -0.977. The van der Waals surface area contributed by atoms with Crippen LogP contribution in [0.3, 0.4) is 0 Å². The minimum atomic E-state index is -0.547. The Bertz CT molecular complexity index is 574. The predicted octanol–water partition coefficient (Wildman–Crippen LogP) is 3.93. The summed E-state index contributed by atoms with van der Waals surface area (Å²) in [5.41, 5.74) is 0.0318. The molecule has 1 aromatic carbocycles. The second-order valence-electron chi connectivity index (χ2n) is 3.91. The predicted molar refractivity (Wildman–Crippen MR) is 76.7 cm³/mol. The van der Waals surface area contributed by atoms with Crippen molar-refractivity contribution in [2.45, 2.75) is 19.4 Å².